The van der Waals surface area contributed by atoms with Crippen LogP contribution in [-0.4, -0.2) is 56.3 Å². The van der Waals surface area contributed by atoms with E-state index in [1.165, 1.54) is 0 Å². The SMILES string of the molecule is CCC(CC[O][Pb])CON1C(=O)c2ccccc2C1=O. The zero-order valence-corrected chi connectivity index (χ0v) is 15.2. The molecule has 105 valence electrons. The molecule has 0 bridgehead atoms. The molecule has 6 heteroatoms. The van der Waals surface area contributed by atoms with E-state index in [4.69, 9.17) is 7.52 Å². The first-order valence-corrected chi connectivity index (χ1v) is 8.17. The van der Waals surface area contributed by atoms with Crippen LogP contribution in [0.4, 0.5) is 0 Å². The number of fused-ring (bicyclic) bond motifs is 1. The van der Waals surface area contributed by atoms with Gasteiger partial charge in [-0.1, -0.05) is 0 Å². The van der Waals surface area contributed by atoms with E-state index in [0.717, 1.165) is 44.1 Å². The Morgan fingerprint density at radius 1 is 1.20 bits per heavy atom. The third-order valence-corrected chi connectivity index (χ3v) is 4.20. The molecule has 5 nitrogen and oxygen atoms in total. The monoisotopic (exact) mass is 470 g/mol. The van der Waals surface area contributed by atoms with E-state index in [2.05, 4.69) is 6.92 Å². The van der Waals surface area contributed by atoms with Gasteiger partial charge in [0.05, 0.1) is 0 Å². The van der Waals surface area contributed by atoms with E-state index in [9.17, 15) is 9.59 Å². The Morgan fingerprint density at radius 2 is 1.80 bits per heavy atom. The number of hydrogen-bond acceptors (Lipinski definition) is 4. The van der Waals surface area contributed by atoms with E-state index in [0.29, 0.717) is 24.3 Å². The van der Waals surface area contributed by atoms with Crippen molar-refractivity contribution in [1.82, 2.24) is 5.06 Å². The fourth-order valence-electron chi connectivity index (χ4n) is 2.10. The number of carbonyl (C=O) groups excluding carboxylic acids is 2. The summed E-state index contributed by atoms with van der Waals surface area (Å²) in [6, 6.07) is 6.77. The summed E-state index contributed by atoms with van der Waals surface area (Å²) in [5.74, 6) is -0.465. The molecule has 0 spiro atoms. The topological polar surface area (TPSA) is 55.8 Å². The summed E-state index contributed by atoms with van der Waals surface area (Å²) in [5.41, 5.74) is 0.821. The van der Waals surface area contributed by atoms with Crippen molar-refractivity contribution in [2.75, 3.05) is 13.2 Å². The van der Waals surface area contributed by atoms with E-state index >= 15 is 0 Å². The minimum absolute atomic E-state index is 0.285. The third kappa shape index (κ3) is 3.26. The van der Waals surface area contributed by atoms with Crippen molar-refractivity contribution in [3.05, 3.63) is 35.4 Å². The van der Waals surface area contributed by atoms with E-state index in [1.807, 2.05) is 0 Å². The number of nitrogens with zero attached hydrogens (tertiary/aromatic N) is 1. The first-order chi connectivity index (χ1) is 9.69. The van der Waals surface area contributed by atoms with Gasteiger partial charge in [-0.2, -0.15) is 0 Å². The second kappa shape index (κ2) is 7.28. The molecule has 1 unspecified atom stereocenters. The molecule has 2 amide bonds. The number of benzene rings is 1. The van der Waals surface area contributed by atoms with E-state index in [1.54, 1.807) is 24.3 Å². The average molecular weight is 469 g/mol. The Kier molecular flexibility index (Phi) is 5.67. The molecule has 0 aromatic heterocycles. The number of imide groups is 1. The summed E-state index contributed by atoms with van der Waals surface area (Å²) >= 11 is 0.722. The fraction of sp³-hybridized carbons (Fsp3) is 0.429. The molecule has 1 aliphatic heterocycles. The molecule has 1 aliphatic rings. The maximum absolute atomic E-state index is 12.1. The number of hydrogen-bond donors (Lipinski definition) is 0. The van der Waals surface area contributed by atoms with Crippen LogP contribution in [0.15, 0.2) is 24.3 Å². The van der Waals surface area contributed by atoms with Gasteiger partial charge in [-0.3, -0.25) is 0 Å². The van der Waals surface area contributed by atoms with Gasteiger partial charge in [0.1, 0.15) is 0 Å². The predicted molar refractivity (Wildman–Crippen MR) is 73.0 cm³/mol. The molecule has 1 heterocycles. The maximum atomic E-state index is 12.1. The second-order valence-electron chi connectivity index (χ2n) is 4.66. The van der Waals surface area contributed by atoms with Gasteiger partial charge in [0, 0.05) is 0 Å². The van der Waals surface area contributed by atoms with Crippen molar-refractivity contribution in [1.29, 1.82) is 0 Å². The summed E-state index contributed by atoms with van der Waals surface area (Å²) < 4.78 is 5.17. The normalized spacial score (nSPS) is 15.6. The van der Waals surface area contributed by atoms with Crippen molar-refractivity contribution in [3.8, 4) is 0 Å². The summed E-state index contributed by atoms with van der Waals surface area (Å²) in [6.07, 6.45) is 1.80. The molecule has 20 heavy (non-hydrogen) atoms. The van der Waals surface area contributed by atoms with Gasteiger partial charge in [0.25, 0.3) is 0 Å². The van der Waals surface area contributed by atoms with Gasteiger partial charge in [-0.25, -0.2) is 0 Å². The Balaban J connectivity index is 1.98. The van der Waals surface area contributed by atoms with Crippen LogP contribution in [0.25, 0.3) is 0 Å². The van der Waals surface area contributed by atoms with Crippen LogP contribution < -0.4 is 0 Å². The molecule has 0 saturated heterocycles. The summed E-state index contributed by atoms with van der Waals surface area (Å²) in [5, 5.41) is 0.884. The van der Waals surface area contributed by atoms with Gasteiger partial charge < -0.3 is 0 Å². The molecular formula is C14H16NO4Pb. The Morgan fingerprint density at radius 3 is 2.30 bits per heavy atom. The minimum atomic E-state index is -0.375. The van der Waals surface area contributed by atoms with Crippen molar-refractivity contribution in [3.63, 3.8) is 0 Å². The van der Waals surface area contributed by atoms with Crippen molar-refractivity contribution in [2.45, 2.75) is 19.8 Å². The van der Waals surface area contributed by atoms with Crippen LogP contribution in [-0.2, 0) is 7.52 Å². The first kappa shape index (κ1) is 15.6. The molecule has 1 aromatic rings. The Bertz CT molecular complexity index is 471. The second-order valence-corrected chi connectivity index (χ2v) is 5.78. The summed E-state index contributed by atoms with van der Waals surface area (Å²) in [4.78, 5) is 29.6. The molecule has 0 saturated carbocycles. The van der Waals surface area contributed by atoms with Crippen LogP contribution in [0.2, 0.25) is 0 Å². The third-order valence-electron chi connectivity index (χ3n) is 3.40. The van der Waals surface area contributed by atoms with Gasteiger partial charge >= 0.3 is 135 Å². The molecule has 2 rings (SSSR count). The zero-order chi connectivity index (χ0) is 14.5. The van der Waals surface area contributed by atoms with Gasteiger partial charge in [-0.05, 0) is 0 Å². The average Bonchev–Trinajstić information content (AvgIpc) is 2.72. The quantitative estimate of drug-likeness (QED) is 0.451. The molecular weight excluding hydrogens is 453 g/mol. The number of hydroxylamine groups is 2. The van der Waals surface area contributed by atoms with Crippen LogP contribution in [0.3, 0.4) is 0 Å². The van der Waals surface area contributed by atoms with E-state index < -0.39 is 0 Å². The van der Waals surface area contributed by atoms with Crippen LogP contribution in [0.1, 0.15) is 40.5 Å². The summed E-state index contributed by atoms with van der Waals surface area (Å²) in [6.45, 7) is 3.12. The Hall–Kier alpha value is -0.798. The van der Waals surface area contributed by atoms with Crippen molar-refractivity contribution < 1.29 is 17.1 Å². The molecule has 1 atom stereocenters. The van der Waals surface area contributed by atoms with Crippen LogP contribution in [0, 0.1) is 5.92 Å². The molecule has 3 radical (unpaired) electrons. The number of rotatable bonds is 7. The number of carbonyl (C=O) groups is 2. The van der Waals surface area contributed by atoms with Crippen LogP contribution >= 0.6 is 0 Å². The molecule has 0 fully saturated rings. The first-order valence-electron chi connectivity index (χ1n) is 6.58. The number of amides is 2. The zero-order valence-electron chi connectivity index (χ0n) is 11.3. The van der Waals surface area contributed by atoms with Crippen molar-refractivity contribution in [2.24, 2.45) is 5.92 Å². The standard InChI is InChI=1S/C14H16NO4.Pb/c1-2-10(7-8-16)9-19-15-13(17)11-5-3-4-6-12(11)14(15)18;/h3-6,10H,2,7-9H2,1H3;/q-1;+1. The van der Waals surface area contributed by atoms with Gasteiger partial charge in [0.2, 0.25) is 0 Å². The van der Waals surface area contributed by atoms with Gasteiger partial charge in [0.15, 0.2) is 0 Å². The predicted octanol–water partition coefficient (Wildman–Crippen LogP) is 1.73. The summed E-state index contributed by atoms with van der Waals surface area (Å²) in [7, 11) is 0. The van der Waals surface area contributed by atoms with E-state index in [-0.39, 0.29) is 17.7 Å². The fourth-order valence-corrected chi connectivity index (χ4v) is 2.55. The van der Waals surface area contributed by atoms with Crippen molar-refractivity contribution >= 4 is 38.0 Å². The molecule has 1 aromatic carbocycles. The van der Waals surface area contributed by atoms with Crippen LogP contribution in [0.5, 0.6) is 0 Å². The molecule has 0 aliphatic carbocycles. The Labute approximate surface area is 134 Å². The molecule has 0 N–H and O–H groups in total. The van der Waals surface area contributed by atoms with Gasteiger partial charge in [-0.15, -0.1) is 0 Å².